The van der Waals surface area contributed by atoms with Crippen LogP contribution in [0.2, 0.25) is 0 Å². The van der Waals surface area contributed by atoms with E-state index in [1.54, 1.807) is 18.5 Å². The Morgan fingerprint density at radius 1 is 1.58 bits per heavy atom. The van der Waals surface area contributed by atoms with Gasteiger partial charge in [-0.2, -0.15) is 4.31 Å². The first-order valence-corrected chi connectivity index (χ1v) is 8.04. The molecule has 0 spiro atoms. The molecule has 7 nitrogen and oxygen atoms in total. The van der Waals surface area contributed by atoms with E-state index in [4.69, 9.17) is 10.5 Å². The van der Waals surface area contributed by atoms with Crippen molar-refractivity contribution >= 4 is 32.1 Å². The highest BCUT2D eigenvalue weighted by atomic mass is 32.2. The van der Waals surface area contributed by atoms with Crippen LogP contribution in [0.4, 0.5) is 5.82 Å². The van der Waals surface area contributed by atoms with E-state index in [0.717, 1.165) is 0 Å². The van der Waals surface area contributed by atoms with Gasteiger partial charge in [-0.3, -0.25) is 4.40 Å². The van der Waals surface area contributed by atoms with Crippen LogP contribution in [0.25, 0.3) is 4.96 Å². The van der Waals surface area contributed by atoms with Gasteiger partial charge in [0.05, 0.1) is 6.61 Å². The van der Waals surface area contributed by atoms with Crippen molar-refractivity contribution in [1.82, 2.24) is 13.7 Å². The SMILES string of the molecule is CCN(CCOC)S(=O)(=O)c1c(N)nc2sccn12. The minimum atomic E-state index is -3.67. The molecular weight excluding hydrogens is 288 g/mol. The quantitative estimate of drug-likeness (QED) is 0.845. The Bertz CT molecular complexity index is 661. The number of likely N-dealkylation sites (N-methyl/N-ethyl adjacent to an activating group) is 1. The molecule has 0 radical (unpaired) electrons. The molecule has 0 bridgehead atoms. The summed E-state index contributed by atoms with van der Waals surface area (Å²) in [5.41, 5.74) is 5.74. The zero-order valence-electron chi connectivity index (χ0n) is 10.7. The first kappa shape index (κ1) is 14.3. The molecule has 0 fully saturated rings. The van der Waals surface area contributed by atoms with Crippen molar-refractivity contribution in [1.29, 1.82) is 0 Å². The number of sulfonamides is 1. The Balaban J connectivity index is 2.48. The molecule has 0 saturated carbocycles. The molecule has 2 rings (SSSR count). The van der Waals surface area contributed by atoms with Gasteiger partial charge in [0.1, 0.15) is 0 Å². The number of thiazole rings is 1. The average molecular weight is 304 g/mol. The van der Waals surface area contributed by atoms with Crippen LogP contribution in [-0.4, -0.2) is 48.9 Å². The topological polar surface area (TPSA) is 89.9 Å². The predicted molar refractivity (Wildman–Crippen MR) is 73.8 cm³/mol. The van der Waals surface area contributed by atoms with Gasteiger partial charge in [0.15, 0.2) is 15.8 Å². The summed E-state index contributed by atoms with van der Waals surface area (Å²) in [5.74, 6) is 0.0303. The van der Waals surface area contributed by atoms with E-state index < -0.39 is 10.0 Å². The molecule has 9 heteroatoms. The van der Waals surface area contributed by atoms with E-state index in [1.165, 1.54) is 27.2 Å². The van der Waals surface area contributed by atoms with Crippen molar-refractivity contribution in [3.8, 4) is 0 Å². The highest BCUT2D eigenvalue weighted by Crippen LogP contribution is 2.25. The third kappa shape index (κ3) is 2.46. The van der Waals surface area contributed by atoms with Gasteiger partial charge in [-0.1, -0.05) is 6.92 Å². The van der Waals surface area contributed by atoms with Crippen molar-refractivity contribution in [2.75, 3.05) is 32.5 Å². The summed E-state index contributed by atoms with van der Waals surface area (Å²) in [6, 6.07) is 0. The van der Waals surface area contributed by atoms with E-state index >= 15 is 0 Å². The number of methoxy groups -OCH3 is 1. The predicted octanol–water partition coefficient (Wildman–Crippen LogP) is 0.635. The zero-order chi connectivity index (χ0) is 14.0. The van der Waals surface area contributed by atoms with Crippen molar-refractivity contribution in [2.45, 2.75) is 11.9 Å². The fraction of sp³-hybridized carbons (Fsp3) is 0.500. The van der Waals surface area contributed by atoms with E-state index in [2.05, 4.69) is 4.98 Å². The minimum Gasteiger partial charge on any atom is -0.383 e. The van der Waals surface area contributed by atoms with Gasteiger partial charge >= 0.3 is 0 Å². The fourth-order valence-corrected chi connectivity index (χ4v) is 4.19. The number of imidazole rings is 1. The first-order chi connectivity index (χ1) is 9.02. The van der Waals surface area contributed by atoms with E-state index in [1.807, 2.05) is 0 Å². The lowest BCUT2D eigenvalue weighted by molar-refractivity contribution is 0.180. The molecule has 0 unspecified atom stereocenters. The van der Waals surface area contributed by atoms with Gasteiger partial charge in [-0.05, 0) is 0 Å². The van der Waals surface area contributed by atoms with Gasteiger partial charge in [0.25, 0.3) is 10.0 Å². The molecule has 2 N–H and O–H groups in total. The van der Waals surface area contributed by atoms with Crippen LogP contribution in [0.3, 0.4) is 0 Å². The summed E-state index contributed by atoms with van der Waals surface area (Å²) in [4.78, 5) is 4.63. The molecule has 0 atom stereocenters. The number of fused-ring (bicyclic) bond motifs is 1. The lowest BCUT2D eigenvalue weighted by Gasteiger charge is -2.19. The Labute approximate surface area is 115 Å². The van der Waals surface area contributed by atoms with Crippen molar-refractivity contribution in [2.24, 2.45) is 0 Å². The number of nitrogens with zero attached hydrogens (tertiary/aromatic N) is 3. The number of ether oxygens (including phenoxy) is 1. The second kappa shape index (κ2) is 5.45. The number of nitrogen functional groups attached to an aromatic ring is 1. The number of nitrogens with two attached hydrogens (primary N) is 1. The fourth-order valence-electron chi connectivity index (χ4n) is 1.80. The minimum absolute atomic E-state index is 0.0294. The highest BCUT2D eigenvalue weighted by molar-refractivity contribution is 7.89. The monoisotopic (exact) mass is 304 g/mol. The number of aromatic nitrogens is 2. The van der Waals surface area contributed by atoms with Gasteiger partial charge in [0.2, 0.25) is 0 Å². The van der Waals surface area contributed by atoms with Gasteiger partial charge in [-0.25, -0.2) is 13.4 Å². The molecule has 2 aromatic heterocycles. The highest BCUT2D eigenvalue weighted by Gasteiger charge is 2.30. The second-order valence-electron chi connectivity index (χ2n) is 3.85. The lowest BCUT2D eigenvalue weighted by Crippen LogP contribution is -2.34. The summed E-state index contributed by atoms with van der Waals surface area (Å²) < 4.78 is 33.0. The lowest BCUT2D eigenvalue weighted by atomic mass is 10.6. The third-order valence-corrected chi connectivity index (χ3v) is 5.50. The van der Waals surface area contributed by atoms with Crippen molar-refractivity contribution in [3.05, 3.63) is 11.6 Å². The number of hydrogen-bond acceptors (Lipinski definition) is 6. The largest absolute Gasteiger partial charge is 0.383 e. The standard InChI is InChI=1S/C10H16N4O3S2/c1-3-13(4-6-17-2)19(15,16)9-8(11)12-10-14(9)5-7-18-10/h5,7H,3-4,6,11H2,1-2H3. The van der Waals surface area contributed by atoms with Crippen molar-refractivity contribution in [3.63, 3.8) is 0 Å². The molecule has 2 aromatic rings. The summed E-state index contributed by atoms with van der Waals surface area (Å²) in [5, 5.41) is 1.80. The normalized spacial score (nSPS) is 12.6. The maximum absolute atomic E-state index is 12.6. The van der Waals surface area contributed by atoms with E-state index in [-0.39, 0.29) is 17.4 Å². The number of rotatable bonds is 6. The Morgan fingerprint density at radius 3 is 2.95 bits per heavy atom. The summed E-state index contributed by atoms with van der Waals surface area (Å²) in [6.07, 6.45) is 1.65. The van der Waals surface area contributed by atoms with Crippen LogP contribution in [-0.2, 0) is 14.8 Å². The molecular formula is C10H16N4O3S2. The number of hydrogen-bond donors (Lipinski definition) is 1. The molecule has 0 aliphatic rings. The van der Waals surface area contributed by atoms with Crippen LogP contribution in [0.1, 0.15) is 6.92 Å². The molecule has 106 valence electrons. The maximum atomic E-state index is 12.6. The Kier molecular flexibility index (Phi) is 4.09. The van der Waals surface area contributed by atoms with E-state index in [0.29, 0.717) is 18.1 Å². The maximum Gasteiger partial charge on any atom is 0.262 e. The average Bonchev–Trinajstić information content (AvgIpc) is 2.88. The molecule has 0 aromatic carbocycles. The molecule has 0 aliphatic heterocycles. The van der Waals surface area contributed by atoms with Crippen LogP contribution in [0.15, 0.2) is 16.6 Å². The Hall–Kier alpha value is -1.16. The molecule has 0 amide bonds. The Morgan fingerprint density at radius 2 is 2.32 bits per heavy atom. The van der Waals surface area contributed by atoms with Crippen molar-refractivity contribution < 1.29 is 13.2 Å². The third-order valence-electron chi connectivity index (χ3n) is 2.73. The second-order valence-corrected chi connectivity index (χ2v) is 6.57. The molecule has 0 saturated heterocycles. The zero-order valence-corrected chi connectivity index (χ0v) is 12.4. The summed E-state index contributed by atoms with van der Waals surface area (Å²) >= 11 is 1.34. The van der Waals surface area contributed by atoms with Gasteiger partial charge in [0, 0.05) is 31.8 Å². The van der Waals surface area contributed by atoms with E-state index in [9.17, 15) is 8.42 Å². The molecule has 2 heterocycles. The molecule has 19 heavy (non-hydrogen) atoms. The smallest absolute Gasteiger partial charge is 0.262 e. The summed E-state index contributed by atoms with van der Waals surface area (Å²) in [6.45, 7) is 2.74. The first-order valence-electron chi connectivity index (χ1n) is 5.72. The molecule has 0 aliphatic carbocycles. The van der Waals surface area contributed by atoms with Crippen LogP contribution < -0.4 is 5.73 Å². The van der Waals surface area contributed by atoms with Gasteiger partial charge < -0.3 is 10.5 Å². The number of anilines is 1. The van der Waals surface area contributed by atoms with Crippen LogP contribution in [0.5, 0.6) is 0 Å². The van der Waals surface area contributed by atoms with Crippen LogP contribution >= 0.6 is 11.3 Å². The summed E-state index contributed by atoms with van der Waals surface area (Å²) in [7, 11) is -2.14. The van der Waals surface area contributed by atoms with Gasteiger partial charge in [-0.15, -0.1) is 11.3 Å². The van der Waals surface area contributed by atoms with Crippen LogP contribution in [0, 0.1) is 0 Å².